The zero-order valence-corrected chi connectivity index (χ0v) is 19.8. The van der Waals surface area contributed by atoms with E-state index < -0.39 is 6.10 Å². The first-order chi connectivity index (χ1) is 15.0. The van der Waals surface area contributed by atoms with Crippen LogP contribution in [0.1, 0.15) is 50.7 Å². The molecule has 0 aliphatic rings. The lowest BCUT2D eigenvalue weighted by Crippen LogP contribution is -2.23. The van der Waals surface area contributed by atoms with Crippen LogP contribution in [0.25, 0.3) is 0 Å². The van der Waals surface area contributed by atoms with Crippen molar-refractivity contribution >= 4 is 0 Å². The highest BCUT2D eigenvalue weighted by Crippen LogP contribution is 2.39. The Bertz CT molecular complexity index is 691. The first-order valence-electron chi connectivity index (χ1n) is 10.9. The average molecular weight is 433 g/mol. The van der Waals surface area contributed by atoms with E-state index in [1.165, 1.54) is 0 Å². The number of para-hydroxylation sites is 1. The minimum Gasteiger partial charge on any atom is -0.467 e. The van der Waals surface area contributed by atoms with Crippen LogP contribution in [0.5, 0.6) is 5.75 Å². The van der Waals surface area contributed by atoms with Gasteiger partial charge in [-0.2, -0.15) is 0 Å². The van der Waals surface area contributed by atoms with Gasteiger partial charge >= 0.3 is 0 Å². The van der Waals surface area contributed by atoms with E-state index in [0.717, 1.165) is 41.7 Å². The van der Waals surface area contributed by atoms with Crippen molar-refractivity contribution in [1.82, 2.24) is 0 Å². The van der Waals surface area contributed by atoms with Crippen LogP contribution in [0.3, 0.4) is 0 Å². The molecule has 0 radical (unpaired) electrons. The third-order valence-electron chi connectivity index (χ3n) is 4.97. The fourth-order valence-electron chi connectivity index (χ4n) is 3.62. The van der Waals surface area contributed by atoms with Crippen LogP contribution in [-0.4, -0.2) is 45.6 Å². The molecule has 0 heterocycles. The molecule has 0 aromatic heterocycles. The summed E-state index contributed by atoms with van der Waals surface area (Å²) in [5, 5.41) is 10.7. The van der Waals surface area contributed by atoms with Crippen LogP contribution >= 0.6 is 0 Å². The lowest BCUT2D eigenvalue weighted by Gasteiger charge is -2.28. The van der Waals surface area contributed by atoms with Crippen molar-refractivity contribution < 1.29 is 24.1 Å². The molecule has 0 aliphatic heterocycles. The first-order valence-corrected chi connectivity index (χ1v) is 10.9. The van der Waals surface area contributed by atoms with Crippen LogP contribution in [0.4, 0.5) is 0 Å². The van der Waals surface area contributed by atoms with Gasteiger partial charge in [0.2, 0.25) is 0 Å². The second kappa shape index (κ2) is 15.8. The molecule has 31 heavy (non-hydrogen) atoms. The van der Waals surface area contributed by atoms with E-state index in [0.29, 0.717) is 13.4 Å². The van der Waals surface area contributed by atoms with Crippen molar-refractivity contribution in [2.45, 2.75) is 52.1 Å². The van der Waals surface area contributed by atoms with Gasteiger partial charge in [0, 0.05) is 38.2 Å². The van der Waals surface area contributed by atoms with Crippen LogP contribution in [0.15, 0.2) is 54.7 Å². The van der Waals surface area contributed by atoms with Crippen molar-refractivity contribution in [2.24, 2.45) is 5.92 Å². The number of hydrogen-bond donors (Lipinski definition) is 1. The summed E-state index contributed by atoms with van der Waals surface area (Å²) >= 11 is 0. The number of rotatable bonds is 16. The van der Waals surface area contributed by atoms with Gasteiger partial charge in [-0.1, -0.05) is 48.1 Å². The molecular weight excluding hydrogens is 392 g/mol. The Morgan fingerprint density at radius 1 is 1.13 bits per heavy atom. The number of methoxy groups -OCH3 is 2. The number of allylic oxidation sites excluding steroid dienone is 3. The van der Waals surface area contributed by atoms with E-state index >= 15 is 0 Å². The van der Waals surface area contributed by atoms with Gasteiger partial charge in [0.05, 0.1) is 6.10 Å². The summed E-state index contributed by atoms with van der Waals surface area (Å²) in [6, 6.07) is 6.22. The van der Waals surface area contributed by atoms with E-state index in [2.05, 4.69) is 36.9 Å². The second-order valence-electron chi connectivity index (χ2n) is 7.76. The van der Waals surface area contributed by atoms with Gasteiger partial charge in [-0.25, -0.2) is 0 Å². The quantitative estimate of drug-likeness (QED) is 0.215. The molecule has 0 amide bonds. The fraction of sp³-hybridized carbons (Fsp3) is 0.538. The first kappa shape index (κ1) is 27.1. The maximum atomic E-state index is 10.7. The van der Waals surface area contributed by atoms with Crippen LogP contribution in [-0.2, 0) is 20.6 Å². The van der Waals surface area contributed by atoms with Crippen molar-refractivity contribution in [2.75, 3.05) is 34.4 Å². The van der Waals surface area contributed by atoms with Crippen LogP contribution < -0.4 is 4.74 Å². The Hall–Kier alpha value is -1.92. The van der Waals surface area contributed by atoms with E-state index in [1.807, 2.05) is 26.8 Å². The third-order valence-corrected chi connectivity index (χ3v) is 4.97. The maximum Gasteiger partial charge on any atom is 0.188 e. The van der Waals surface area contributed by atoms with Gasteiger partial charge in [-0.05, 0) is 45.6 Å². The predicted octanol–water partition coefficient (Wildman–Crippen LogP) is 5.40. The average Bonchev–Trinajstić information content (AvgIpc) is 2.76. The molecule has 0 aliphatic carbocycles. The molecule has 0 saturated heterocycles. The molecule has 5 nitrogen and oxygen atoms in total. The molecule has 1 aromatic carbocycles. The lowest BCUT2D eigenvalue weighted by molar-refractivity contribution is -0.0314. The smallest absolute Gasteiger partial charge is 0.188 e. The zero-order valence-electron chi connectivity index (χ0n) is 19.8. The highest BCUT2D eigenvalue weighted by atomic mass is 16.7. The number of aryl methyl sites for hydroxylation is 1. The van der Waals surface area contributed by atoms with Crippen molar-refractivity contribution in [1.29, 1.82) is 0 Å². The Kier molecular flexibility index (Phi) is 13.8. The lowest BCUT2D eigenvalue weighted by atomic mass is 9.80. The highest BCUT2D eigenvalue weighted by molar-refractivity contribution is 5.46. The Balaban J connectivity index is 3.27. The zero-order chi connectivity index (χ0) is 23.1. The van der Waals surface area contributed by atoms with Gasteiger partial charge in [0.15, 0.2) is 6.79 Å². The SMILES string of the molecule is C=CC(O)[C@H](C=C(C)C)[C@H](/C=C/C)c1cccc(CCCCOCOC)c1OCOC. The maximum absolute atomic E-state index is 10.7. The van der Waals surface area contributed by atoms with E-state index in [4.69, 9.17) is 18.9 Å². The molecule has 1 aromatic rings. The minimum atomic E-state index is -0.673. The normalized spacial score (nSPS) is 14.3. The van der Waals surface area contributed by atoms with Crippen LogP contribution in [0, 0.1) is 5.92 Å². The summed E-state index contributed by atoms with van der Waals surface area (Å²) in [7, 11) is 3.24. The minimum absolute atomic E-state index is 0.0651. The summed E-state index contributed by atoms with van der Waals surface area (Å²) in [6.45, 7) is 11.0. The topological polar surface area (TPSA) is 57.2 Å². The summed E-state index contributed by atoms with van der Waals surface area (Å²) in [5.41, 5.74) is 3.30. The Morgan fingerprint density at radius 3 is 2.48 bits per heavy atom. The Morgan fingerprint density at radius 2 is 1.87 bits per heavy atom. The summed E-state index contributed by atoms with van der Waals surface area (Å²) in [4.78, 5) is 0. The second-order valence-corrected chi connectivity index (χ2v) is 7.76. The van der Waals surface area contributed by atoms with Gasteiger partial charge < -0.3 is 24.1 Å². The monoisotopic (exact) mass is 432 g/mol. The number of ether oxygens (including phenoxy) is 4. The van der Waals surface area contributed by atoms with Crippen molar-refractivity contribution in [3.63, 3.8) is 0 Å². The molecule has 3 atom stereocenters. The standard InChI is InChI=1S/C26H40O5/c1-7-12-22(24(17-20(3)4)25(27)8-2)23-15-11-14-21(26(23)31-19-29-6)13-9-10-16-30-18-28-5/h7-8,11-12,14-15,17,22,24-25,27H,2,9-10,13,16,18-19H2,1,3-6H3/b12-7+/t22-,24-,25?/m1/s1. The number of benzene rings is 1. The molecular formula is C26H40O5. The van der Waals surface area contributed by atoms with Gasteiger partial charge in [0.25, 0.3) is 0 Å². The predicted molar refractivity (Wildman–Crippen MR) is 126 cm³/mol. The molecule has 5 heteroatoms. The third kappa shape index (κ3) is 9.40. The van der Waals surface area contributed by atoms with E-state index in [1.54, 1.807) is 20.3 Å². The Labute approximate surface area is 188 Å². The number of hydrogen-bond acceptors (Lipinski definition) is 5. The van der Waals surface area contributed by atoms with Crippen molar-refractivity contribution in [3.8, 4) is 5.75 Å². The molecule has 0 saturated carbocycles. The highest BCUT2D eigenvalue weighted by Gasteiger charge is 2.27. The molecule has 0 fully saturated rings. The molecule has 1 unspecified atom stereocenters. The molecule has 174 valence electrons. The van der Waals surface area contributed by atoms with Gasteiger partial charge in [-0.15, -0.1) is 6.58 Å². The van der Waals surface area contributed by atoms with Gasteiger partial charge in [0.1, 0.15) is 12.5 Å². The summed E-state index contributed by atoms with van der Waals surface area (Å²) in [5.74, 6) is 0.611. The molecule has 0 bridgehead atoms. The molecule has 1 N–H and O–H groups in total. The fourth-order valence-corrected chi connectivity index (χ4v) is 3.62. The number of aliphatic hydroxyl groups excluding tert-OH is 1. The molecule has 1 rings (SSSR count). The van der Waals surface area contributed by atoms with E-state index in [9.17, 15) is 5.11 Å². The summed E-state index contributed by atoms with van der Waals surface area (Å²) in [6.07, 6.45) is 9.94. The number of unbranched alkanes of at least 4 members (excludes halogenated alkanes) is 1. The van der Waals surface area contributed by atoms with Crippen LogP contribution in [0.2, 0.25) is 0 Å². The van der Waals surface area contributed by atoms with Crippen molar-refractivity contribution in [3.05, 3.63) is 65.8 Å². The van der Waals surface area contributed by atoms with Gasteiger partial charge in [-0.3, -0.25) is 0 Å². The summed E-state index contributed by atoms with van der Waals surface area (Å²) < 4.78 is 21.6. The largest absolute Gasteiger partial charge is 0.467 e. The number of aliphatic hydroxyl groups is 1. The molecule has 0 spiro atoms. The van der Waals surface area contributed by atoms with E-state index in [-0.39, 0.29) is 18.6 Å².